The number of nitro benzene ring substituents is 1. The Bertz CT molecular complexity index is 874. The van der Waals surface area contributed by atoms with Crippen LogP contribution in [0.5, 0.6) is 0 Å². The number of hydrogen-bond donors (Lipinski definition) is 0. The smallest absolute Gasteiger partial charge is 0.306 e. The summed E-state index contributed by atoms with van der Waals surface area (Å²) in [4.78, 5) is 26.8. The Morgan fingerprint density at radius 1 is 1.16 bits per heavy atom. The molecule has 0 unspecified atom stereocenters. The predicted molar refractivity (Wildman–Crippen MR) is 95.5 cm³/mol. The highest BCUT2D eigenvalue weighted by molar-refractivity contribution is 7.18. The van der Waals surface area contributed by atoms with Gasteiger partial charge in [-0.2, -0.15) is 0 Å². The Labute approximate surface area is 148 Å². The normalized spacial score (nSPS) is 10.7. The SMILES string of the molecule is O=C(CCCc1nc2ccccc2s1)OCc1ccccc1[N+](=O)[O-]. The number of aromatic nitrogens is 1. The summed E-state index contributed by atoms with van der Waals surface area (Å²) in [5, 5.41) is 11.9. The maximum atomic E-state index is 11.9. The molecular formula is C18H16N2O4S. The highest BCUT2D eigenvalue weighted by Gasteiger charge is 2.14. The number of carbonyl (C=O) groups excluding carboxylic acids is 1. The third-order valence-electron chi connectivity index (χ3n) is 3.69. The Kier molecular flexibility index (Phi) is 5.35. The van der Waals surface area contributed by atoms with Gasteiger partial charge in [-0.15, -0.1) is 11.3 Å². The molecule has 128 valence electrons. The van der Waals surface area contributed by atoms with Crippen LogP contribution in [0.2, 0.25) is 0 Å². The van der Waals surface area contributed by atoms with Gasteiger partial charge in [-0.3, -0.25) is 14.9 Å². The van der Waals surface area contributed by atoms with Crippen LogP contribution in [0.4, 0.5) is 5.69 Å². The van der Waals surface area contributed by atoms with E-state index in [9.17, 15) is 14.9 Å². The molecule has 0 atom stereocenters. The van der Waals surface area contributed by atoms with Crippen molar-refractivity contribution in [3.05, 3.63) is 69.2 Å². The van der Waals surface area contributed by atoms with Crippen molar-refractivity contribution in [2.45, 2.75) is 25.9 Å². The van der Waals surface area contributed by atoms with Crippen LogP contribution in [0, 0.1) is 10.1 Å². The fourth-order valence-electron chi connectivity index (χ4n) is 2.45. The molecule has 0 N–H and O–H groups in total. The monoisotopic (exact) mass is 356 g/mol. The number of benzene rings is 2. The summed E-state index contributed by atoms with van der Waals surface area (Å²) in [6, 6.07) is 14.2. The molecule has 0 amide bonds. The molecule has 2 aromatic carbocycles. The van der Waals surface area contributed by atoms with Crippen LogP contribution in [-0.4, -0.2) is 15.9 Å². The number of esters is 1. The van der Waals surface area contributed by atoms with Crippen LogP contribution < -0.4 is 0 Å². The van der Waals surface area contributed by atoms with Crippen LogP contribution in [0.3, 0.4) is 0 Å². The number of ether oxygens (including phenoxy) is 1. The molecule has 7 heteroatoms. The van der Waals surface area contributed by atoms with Gasteiger partial charge in [-0.25, -0.2) is 4.98 Å². The van der Waals surface area contributed by atoms with Crippen molar-refractivity contribution in [3.8, 4) is 0 Å². The van der Waals surface area contributed by atoms with Crippen molar-refractivity contribution in [1.82, 2.24) is 4.98 Å². The van der Waals surface area contributed by atoms with Crippen LogP contribution in [0.1, 0.15) is 23.4 Å². The lowest BCUT2D eigenvalue weighted by Gasteiger charge is -2.05. The molecule has 0 bridgehead atoms. The number of nitrogens with zero attached hydrogens (tertiary/aromatic N) is 2. The number of nitro groups is 1. The van der Waals surface area contributed by atoms with E-state index >= 15 is 0 Å². The van der Waals surface area contributed by atoms with E-state index in [1.807, 2.05) is 24.3 Å². The lowest BCUT2D eigenvalue weighted by molar-refractivity contribution is -0.385. The van der Waals surface area contributed by atoms with Gasteiger partial charge in [0, 0.05) is 12.5 Å². The molecule has 25 heavy (non-hydrogen) atoms. The highest BCUT2D eigenvalue weighted by Crippen LogP contribution is 2.23. The van der Waals surface area contributed by atoms with Gasteiger partial charge in [0.1, 0.15) is 6.61 Å². The standard InChI is InChI=1S/C18H16N2O4S/c21-18(24-12-13-6-1-3-8-15(13)20(22)23)11-5-10-17-19-14-7-2-4-9-16(14)25-17/h1-4,6-9H,5,10-12H2. The summed E-state index contributed by atoms with van der Waals surface area (Å²) in [6.07, 6.45) is 1.60. The van der Waals surface area contributed by atoms with Gasteiger partial charge >= 0.3 is 5.97 Å². The van der Waals surface area contributed by atoms with E-state index in [2.05, 4.69) is 4.98 Å². The summed E-state index contributed by atoms with van der Waals surface area (Å²) >= 11 is 1.63. The molecule has 1 heterocycles. The highest BCUT2D eigenvalue weighted by atomic mass is 32.1. The average molecular weight is 356 g/mol. The van der Waals surface area contributed by atoms with E-state index in [-0.39, 0.29) is 24.7 Å². The minimum absolute atomic E-state index is 0.0372. The summed E-state index contributed by atoms with van der Waals surface area (Å²) in [6.45, 7) is -0.0862. The molecule has 0 aliphatic heterocycles. The molecule has 6 nitrogen and oxygen atoms in total. The number of hydrogen-bond acceptors (Lipinski definition) is 6. The van der Waals surface area contributed by atoms with Gasteiger partial charge in [0.05, 0.1) is 25.7 Å². The Balaban J connectivity index is 1.48. The second kappa shape index (κ2) is 7.85. The molecule has 3 aromatic rings. The van der Waals surface area contributed by atoms with Gasteiger partial charge in [-0.1, -0.05) is 24.3 Å². The van der Waals surface area contributed by atoms with E-state index < -0.39 is 4.92 Å². The van der Waals surface area contributed by atoms with Crippen molar-refractivity contribution < 1.29 is 14.5 Å². The van der Waals surface area contributed by atoms with Gasteiger partial charge in [-0.05, 0) is 31.0 Å². The maximum absolute atomic E-state index is 11.9. The molecule has 3 rings (SSSR count). The molecule has 0 radical (unpaired) electrons. The topological polar surface area (TPSA) is 82.3 Å². The van der Waals surface area contributed by atoms with E-state index in [4.69, 9.17) is 4.74 Å². The van der Waals surface area contributed by atoms with Crippen molar-refractivity contribution >= 4 is 33.2 Å². The first-order valence-electron chi connectivity index (χ1n) is 7.86. The average Bonchev–Trinajstić information content (AvgIpc) is 3.03. The number of rotatable bonds is 7. The van der Waals surface area contributed by atoms with Crippen LogP contribution in [-0.2, 0) is 22.6 Å². The molecule has 0 saturated carbocycles. The summed E-state index contributed by atoms with van der Waals surface area (Å²) in [7, 11) is 0. The number of aryl methyl sites for hydroxylation is 1. The van der Waals surface area contributed by atoms with Crippen molar-refractivity contribution in [3.63, 3.8) is 0 Å². The Morgan fingerprint density at radius 3 is 2.72 bits per heavy atom. The van der Waals surface area contributed by atoms with Crippen LogP contribution in [0.15, 0.2) is 48.5 Å². The predicted octanol–water partition coefficient (Wildman–Crippen LogP) is 4.27. The molecule has 0 aliphatic rings. The largest absolute Gasteiger partial charge is 0.461 e. The lowest BCUT2D eigenvalue weighted by Crippen LogP contribution is -2.06. The zero-order valence-corrected chi connectivity index (χ0v) is 14.2. The number of carbonyl (C=O) groups is 1. The van der Waals surface area contributed by atoms with Crippen molar-refractivity contribution in [2.24, 2.45) is 0 Å². The zero-order chi connectivity index (χ0) is 17.6. The zero-order valence-electron chi connectivity index (χ0n) is 13.4. The molecular weight excluding hydrogens is 340 g/mol. The lowest BCUT2D eigenvalue weighted by atomic mass is 10.2. The minimum atomic E-state index is -0.476. The molecule has 0 aliphatic carbocycles. The minimum Gasteiger partial charge on any atom is -0.461 e. The third-order valence-corrected chi connectivity index (χ3v) is 4.78. The van der Waals surface area contributed by atoms with Gasteiger partial charge in [0.25, 0.3) is 5.69 Å². The summed E-state index contributed by atoms with van der Waals surface area (Å²) in [5.74, 6) is -0.362. The van der Waals surface area contributed by atoms with Crippen molar-refractivity contribution in [1.29, 1.82) is 0 Å². The van der Waals surface area contributed by atoms with Crippen LogP contribution >= 0.6 is 11.3 Å². The first-order valence-corrected chi connectivity index (χ1v) is 8.67. The second-order valence-electron chi connectivity index (χ2n) is 5.48. The first-order chi connectivity index (χ1) is 12.1. The van der Waals surface area contributed by atoms with E-state index in [1.165, 1.54) is 6.07 Å². The van der Waals surface area contributed by atoms with E-state index in [1.54, 1.807) is 29.5 Å². The molecule has 0 fully saturated rings. The molecule has 0 spiro atoms. The van der Waals surface area contributed by atoms with E-state index in [0.29, 0.717) is 18.4 Å². The fraction of sp³-hybridized carbons (Fsp3) is 0.222. The Hall–Kier alpha value is -2.80. The van der Waals surface area contributed by atoms with Gasteiger partial charge in [0.15, 0.2) is 0 Å². The second-order valence-corrected chi connectivity index (χ2v) is 6.59. The van der Waals surface area contributed by atoms with E-state index in [0.717, 1.165) is 15.2 Å². The number of thiazole rings is 1. The Morgan fingerprint density at radius 2 is 1.92 bits per heavy atom. The molecule has 1 aromatic heterocycles. The quantitative estimate of drug-likeness (QED) is 0.359. The third kappa shape index (κ3) is 4.39. The van der Waals surface area contributed by atoms with Crippen molar-refractivity contribution in [2.75, 3.05) is 0 Å². The summed E-state index contributed by atoms with van der Waals surface area (Å²) in [5.41, 5.74) is 1.33. The van der Waals surface area contributed by atoms with Gasteiger partial charge in [0.2, 0.25) is 0 Å². The number of fused-ring (bicyclic) bond motifs is 1. The fourth-order valence-corrected chi connectivity index (χ4v) is 3.46. The van der Waals surface area contributed by atoms with Gasteiger partial charge < -0.3 is 4.74 Å². The number of para-hydroxylation sites is 2. The maximum Gasteiger partial charge on any atom is 0.306 e. The molecule has 0 saturated heterocycles. The summed E-state index contributed by atoms with van der Waals surface area (Å²) < 4.78 is 6.29. The first kappa shape index (κ1) is 17.0. The van der Waals surface area contributed by atoms with Crippen LogP contribution in [0.25, 0.3) is 10.2 Å².